The maximum atomic E-state index is 13.1. The summed E-state index contributed by atoms with van der Waals surface area (Å²) in [5.74, 6) is 1.25. The Hall–Kier alpha value is -3.81. The maximum Gasteiger partial charge on any atom is 0.241 e. The molecule has 1 atom stereocenters. The van der Waals surface area contributed by atoms with Gasteiger partial charge < -0.3 is 9.84 Å². The van der Waals surface area contributed by atoms with Crippen LogP contribution in [0.5, 0.6) is 0 Å². The number of carbonyl (C=O) groups excluding carboxylic acids is 1. The van der Waals surface area contributed by atoms with Crippen molar-refractivity contribution < 1.29 is 9.32 Å². The van der Waals surface area contributed by atoms with Crippen molar-refractivity contribution in [2.45, 2.75) is 26.4 Å². The summed E-state index contributed by atoms with van der Waals surface area (Å²) in [6.45, 7) is 7.89. The minimum Gasteiger partial charge on any atom is -0.338 e. The number of piperazine rings is 1. The molecule has 1 aliphatic heterocycles. The van der Waals surface area contributed by atoms with Crippen LogP contribution in [0.2, 0.25) is 0 Å². The van der Waals surface area contributed by atoms with Crippen molar-refractivity contribution in [3.63, 3.8) is 0 Å². The summed E-state index contributed by atoms with van der Waals surface area (Å²) >= 11 is 0. The molecule has 1 N–H and O–H groups in total. The topological polar surface area (TPSA) is 74.5 Å². The van der Waals surface area contributed by atoms with E-state index in [0.29, 0.717) is 18.3 Å². The van der Waals surface area contributed by atoms with Crippen molar-refractivity contribution in [3.8, 4) is 22.5 Å². The SMILES string of the molecule is Cc1ccccc1-c1noc(CN2CCN(C(C)C(=O)Nc3ccccc3-c3ccccc3)CC2)n1. The molecule has 1 saturated heterocycles. The van der Waals surface area contributed by atoms with Gasteiger partial charge >= 0.3 is 0 Å². The standard InChI is InChI=1S/C29H31N5O2/c1-21-10-6-7-13-24(21)28-31-27(36-32-28)20-33-16-18-34(19-17-33)22(2)29(35)30-26-15-9-8-14-25(26)23-11-4-3-5-12-23/h3-15,22H,16-20H2,1-2H3,(H,30,35). The second-order valence-corrected chi connectivity index (χ2v) is 9.22. The number of para-hydroxylation sites is 1. The third kappa shape index (κ3) is 5.37. The molecular weight excluding hydrogens is 450 g/mol. The number of nitrogens with zero attached hydrogens (tertiary/aromatic N) is 4. The average Bonchev–Trinajstić information content (AvgIpc) is 3.38. The Labute approximate surface area is 211 Å². The third-order valence-corrected chi connectivity index (χ3v) is 6.82. The summed E-state index contributed by atoms with van der Waals surface area (Å²) < 4.78 is 5.52. The van der Waals surface area contributed by atoms with Crippen LogP contribution >= 0.6 is 0 Å². The summed E-state index contributed by atoms with van der Waals surface area (Å²) in [4.78, 5) is 22.3. The predicted molar refractivity (Wildman–Crippen MR) is 141 cm³/mol. The Morgan fingerprint density at radius 1 is 0.917 bits per heavy atom. The van der Waals surface area contributed by atoms with Crippen LogP contribution < -0.4 is 5.32 Å². The highest BCUT2D eigenvalue weighted by molar-refractivity contribution is 5.98. The van der Waals surface area contributed by atoms with Crippen LogP contribution in [-0.2, 0) is 11.3 Å². The molecular formula is C29H31N5O2. The molecule has 0 saturated carbocycles. The van der Waals surface area contributed by atoms with Crippen LogP contribution in [0, 0.1) is 6.92 Å². The van der Waals surface area contributed by atoms with E-state index in [1.807, 2.05) is 80.6 Å². The summed E-state index contributed by atoms with van der Waals surface area (Å²) in [7, 11) is 0. The number of carbonyl (C=O) groups is 1. The van der Waals surface area contributed by atoms with Crippen LogP contribution in [-0.4, -0.2) is 58.1 Å². The lowest BCUT2D eigenvalue weighted by molar-refractivity contribution is -0.121. The quantitative estimate of drug-likeness (QED) is 0.407. The number of aryl methyl sites for hydroxylation is 1. The number of benzene rings is 3. The van der Waals surface area contributed by atoms with Gasteiger partial charge in [0, 0.05) is 43.0 Å². The van der Waals surface area contributed by atoms with Gasteiger partial charge in [-0.15, -0.1) is 0 Å². The molecule has 5 rings (SSSR count). The van der Waals surface area contributed by atoms with E-state index in [9.17, 15) is 4.79 Å². The molecule has 4 aromatic rings. The Bertz CT molecular complexity index is 1310. The maximum absolute atomic E-state index is 13.1. The van der Waals surface area contributed by atoms with E-state index in [1.165, 1.54) is 0 Å². The average molecular weight is 482 g/mol. The van der Waals surface area contributed by atoms with Gasteiger partial charge in [0.15, 0.2) is 0 Å². The Balaban J connectivity index is 1.16. The zero-order chi connectivity index (χ0) is 24.9. The van der Waals surface area contributed by atoms with Crippen molar-refractivity contribution in [3.05, 3.63) is 90.3 Å². The van der Waals surface area contributed by atoms with E-state index < -0.39 is 0 Å². The molecule has 1 aromatic heterocycles. The van der Waals surface area contributed by atoms with Gasteiger partial charge in [-0.05, 0) is 31.0 Å². The number of rotatable bonds is 7. The van der Waals surface area contributed by atoms with Crippen molar-refractivity contribution >= 4 is 11.6 Å². The van der Waals surface area contributed by atoms with Crippen molar-refractivity contribution in [1.82, 2.24) is 19.9 Å². The molecule has 0 aliphatic carbocycles. The van der Waals surface area contributed by atoms with Gasteiger partial charge in [0.1, 0.15) is 0 Å². The largest absolute Gasteiger partial charge is 0.338 e. The molecule has 0 spiro atoms. The molecule has 1 fully saturated rings. The lowest BCUT2D eigenvalue weighted by atomic mass is 10.0. The fourth-order valence-corrected chi connectivity index (χ4v) is 4.62. The molecule has 1 aliphatic rings. The molecule has 36 heavy (non-hydrogen) atoms. The van der Waals surface area contributed by atoms with E-state index >= 15 is 0 Å². The molecule has 184 valence electrons. The number of aromatic nitrogens is 2. The van der Waals surface area contributed by atoms with Crippen molar-refractivity contribution in [2.24, 2.45) is 0 Å². The summed E-state index contributed by atoms with van der Waals surface area (Å²) in [6.07, 6.45) is 0. The summed E-state index contributed by atoms with van der Waals surface area (Å²) in [5, 5.41) is 7.32. The molecule has 0 radical (unpaired) electrons. The number of nitrogens with one attached hydrogen (secondary N) is 1. The molecule has 1 amide bonds. The van der Waals surface area contributed by atoms with E-state index in [1.54, 1.807) is 0 Å². The van der Waals surface area contributed by atoms with Crippen LogP contribution in [0.25, 0.3) is 22.5 Å². The van der Waals surface area contributed by atoms with E-state index in [2.05, 4.69) is 37.4 Å². The number of hydrogen-bond acceptors (Lipinski definition) is 6. The van der Waals surface area contributed by atoms with E-state index in [0.717, 1.165) is 54.1 Å². The first-order valence-electron chi connectivity index (χ1n) is 12.4. The number of anilines is 1. The molecule has 2 heterocycles. The lowest BCUT2D eigenvalue weighted by Crippen LogP contribution is -2.52. The van der Waals surface area contributed by atoms with Crippen LogP contribution in [0.3, 0.4) is 0 Å². The zero-order valence-corrected chi connectivity index (χ0v) is 20.7. The highest BCUT2D eigenvalue weighted by atomic mass is 16.5. The number of hydrogen-bond donors (Lipinski definition) is 1. The van der Waals surface area contributed by atoms with Gasteiger partial charge in [0.05, 0.1) is 12.6 Å². The Kier molecular flexibility index (Phi) is 7.21. The van der Waals surface area contributed by atoms with Crippen LogP contribution in [0.15, 0.2) is 83.4 Å². The van der Waals surface area contributed by atoms with Gasteiger partial charge in [-0.2, -0.15) is 4.98 Å². The Morgan fingerprint density at radius 2 is 1.58 bits per heavy atom. The first kappa shape index (κ1) is 23.9. The van der Waals surface area contributed by atoms with Gasteiger partial charge in [0.2, 0.25) is 17.6 Å². The first-order valence-corrected chi connectivity index (χ1v) is 12.4. The third-order valence-electron chi connectivity index (χ3n) is 6.82. The molecule has 0 bridgehead atoms. The van der Waals surface area contributed by atoms with Gasteiger partial charge in [-0.1, -0.05) is 78.0 Å². The van der Waals surface area contributed by atoms with Crippen molar-refractivity contribution in [1.29, 1.82) is 0 Å². The van der Waals surface area contributed by atoms with Gasteiger partial charge in [-0.25, -0.2) is 0 Å². The van der Waals surface area contributed by atoms with Crippen molar-refractivity contribution in [2.75, 3.05) is 31.5 Å². The summed E-state index contributed by atoms with van der Waals surface area (Å²) in [6, 6.07) is 25.9. The zero-order valence-electron chi connectivity index (χ0n) is 20.7. The summed E-state index contributed by atoms with van der Waals surface area (Å²) in [5.41, 5.74) is 5.05. The monoisotopic (exact) mass is 481 g/mol. The highest BCUT2D eigenvalue weighted by Crippen LogP contribution is 2.28. The molecule has 7 heteroatoms. The smallest absolute Gasteiger partial charge is 0.241 e. The number of amides is 1. The predicted octanol–water partition coefficient (Wildman–Crippen LogP) is 4.86. The molecule has 3 aromatic carbocycles. The minimum absolute atomic E-state index is 0.00612. The second-order valence-electron chi connectivity index (χ2n) is 9.22. The van der Waals surface area contributed by atoms with Crippen LogP contribution in [0.4, 0.5) is 5.69 Å². The molecule has 7 nitrogen and oxygen atoms in total. The first-order chi connectivity index (χ1) is 17.6. The Morgan fingerprint density at radius 3 is 2.33 bits per heavy atom. The highest BCUT2D eigenvalue weighted by Gasteiger charge is 2.27. The fourth-order valence-electron chi connectivity index (χ4n) is 4.62. The minimum atomic E-state index is -0.230. The van der Waals surface area contributed by atoms with Gasteiger partial charge in [0.25, 0.3) is 0 Å². The van der Waals surface area contributed by atoms with E-state index in [4.69, 9.17) is 4.52 Å². The lowest BCUT2D eigenvalue weighted by Gasteiger charge is -2.36. The van der Waals surface area contributed by atoms with Gasteiger partial charge in [-0.3, -0.25) is 14.6 Å². The van der Waals surface area contributed by atoms with E-state index in [-0.39, 0.29) is 11.9 Å². The molecule has 1 unspecified atom stereocenters. The fraction of sp³-hybridized carbons (Fsp3) is 0.276. The second kappa shape index (κ2) is 10.8. The van der Waals surface area contributed by atoms with Crippen LogP contribution in [0.1, 0.15) is 18.4 Å². The normalized spacial score (nSPS) is 15.5.